The SMILES string of the molecule is O=C(Nc1ccccc1C(F)(F)F)c1cccc(OCc2ccccc2)c1. The van der Waals surface area contributed by atoms with Crippen molar-refractivity contribution >= 4 is 11.6 Å². The van der Waals surface area contributed by atoms with Crippen LogP contribution in [0.25, 0.3) is 0 Å². The second-order valence-electron chi connectivity index (χ2n) is 5.80. The molecule has 0 aliphatic rings. The molecule has 0 saturated heterocycles. The van der Waals surface area contributed by atoms with E-state index in [1.165, 1.54) is 30.3 Å². The Labute approximate surface area is 154 Å². The molecule has 6 heteroatoms. The molecule has 3 aromatic carbocycles. The highest BCUT2D eigenvalue weighted by atomic mass is 19.4. The Balaban J connectivity index is 1.73. The summed E-state index contributed by atoms with van der Waals surface area (Å²) in [7, 11) is 0. The van der Waals surface area contributed by atoms with Crippen LogP contribution in [0, 0.1) is 0 Å². The highest BCUT2D eigenvalue weighted by Gasteiger charge is 2.33. The van der Waals surface area contributed by atoms with E-state index in [0.717, 1.165) is 11.6 Å². The molecule has 0 radical (unpaired) electrons. The first-order chi connectivity index (χ1) is 12.9. The molecule has 0 fully saturated rings. The van der Waals surface area contributed by atoms with Gasteiger partial charge in [0.05, 0.1) is 11.3 Å². The summed E-state index contributed by atoms with van der Waals surface area (Å²) < 4.78 is 44.8. The highest BCUT2D eigenvalue weighted by molar-refractivity contribution is 6.04. The van der Waals surface area contributed by atoms with Gasteiger partial charge in [0.2, 0.25) is 0 Å². The molecule has 0 spiro atoms. The van der Waals surface area contributed by atoms with Gasteiger partial charge >= 0.3 is 6.18 Å². The number of alkyl halides is 3. The van der Waals surface area contributed by atoms with Gasteiger partial charge in [-0.15, -0.1) is 0 Å². The number of halogens is 3. The molecule has 0 unspecified atom stereocenters. The molecule has 0 aliphatic heterocycles. The van der Waals surface area contributed by atoms with Crippen LogP contribution >= 0.6 is 0 Å². The van der Waals surface area contributed by atoms with Crippen LogP contribution in [0.1, 0.15) is 21.5 Å². The summed E-state index contributed by atoms with van der Waals surface area (Å²) in [4.78, 5) is 12.4. The number of para-hydroxylation sites is 1. The zero-order valence-corrected chi connectivity index (χ0v) is 14.2. The minimum absolute atomic E-state index is 0.206. The van der Waals surface area contributed by atoms with E-state index in [1.807, 2.05) is 30.3 Å². The van der Waals surface area contributed by atoms with Gasteiger partial charge in [-0.3, -0.25) is 4.79 Å². The Morgan fingerprint density at radius 1 is 0.889 bits per heavy atom. The minimum Gasteiger partial charge on any atom is -0.489 e. The lowest BCUT2D eigenvalue weighted by Gasteiger charge is -2.14. The molecule has 1 amide bonds. The average molecular weight is 371 g/mol. The van der Waals surface area contributed by atoms with E-state index in [-0.39, 0.29) is 11.3 Å². The maximum Gasteiger partial charge on any atom is 0.418 e. The smallest absolute Gasteiger partial charge is 0.418 e. The standard InChI is InChI=1S/C21H16F3NO2/c22-21(23,24)18-11-4-5-12-19(18)25-20(26)16-9-6-10-17(13-16)27-14-15-7-2-1-3-8-15/h1-13H,14H2,(H,25,26). The first kappa shape index (κ1) is 18.5. The van der Waals surface area contributed by atoms with E-state index in [4.69, 9.17) is 4.74 Å². The fourth-order valence-corrected chi connectivity index (χ4v) is 2.50. The molecule has 27 heavy (non-hydrogen) atoms. The van der Waals surface area contributed by atoms with Crippen molar-refractivity contribution in [3.8, 4) is 5.75 Å². The molecule has 3 aromatic rings. The molecule has 1 N–H and O–H groups in total. The van der Waals surface area contributed by atoms with E-state index >= 15 is 0 Å². The summed E-state index contributed by atoms with van der Waals surface area (Å²) >= 11 is 0. The van der Waals surface area contributed by atoms with Crippen LogP contribution in [0.5, 0.6) is 5.75 Å². The Morgan fingerprint density at radius 2 is 1.59 bits per heavy atom. The molecule has 138 valence electrons. The van der Waals surface area contributed by atoms with Gasteiger partial charge in [-0.25, -0.2) is 0 Å². The Bertz CT molecular complexity index is 924. The predicted octanol–water partition coefficient (Wildman–Crippen LogP) is 5.54. The summed E-state index contributed by atoms with van der Waals surface area (Å²) in [6, 6.07) is 20.7. The topological polar surface area (TPSA) is 38.3 Å². The van der Waals surface area contributed by atoms with Crippen molar-refractivity contribution in [2.75, 3.05) is 5.32 Å². The highest BCUT2D eigenvalue weighted by Crippen LogP contribution is 2.34. The van der Waals surface area contributed by atoms with Crippen LogP contribution in [0.2, 0.25) is 0 Å². The van der Waals surface area contributed by atoms with E-state index in [2.05, 4.69) is 5.32 Å². The number of nitrogens with one attached hydrogen (secondary N) is 1. The summed E-state index contributed by atoms with van der Waals surface area (Å²) in [5.41, 5.74) is -0.00978. The van der Waals surface area contributed by atoms with Crippen molar-refractivity contribution in [3.05, 3.63) is 95.6 Å². The van der Waals surface area contributed by atoms with Crippen LogP contribution in [0.15, 0.2) is 78.9 Å². The molecule has 3 rings (SSSR count). The maximum atomic E-state index is 13.1. The normalized spacial score (nSPS) is 11.1. The zero-order valence-electron chi connectivity index (χ0n) is 14.2. The third-order valence-electron chi connectivity index (χ3n) is 3.83. The van der Waals surface area contributed by atoms with Crippen LogP contribution in [-0.2, 0) is 12.8 Å². The quantitative estimate of drug-likeness (QED) is 0.640. The second-order valence-corrected chi connectivity index (χ2v) is 5.80. The lowest BCUT2D eigenvalue weighted by atomic mass is 10.1. The first-order valence-electron chi connectivity index (χ1n) is 8.18. The fraction of sp³-hybridized carbons (Fsp3) is 0.0952. The van der Waals surface area contributed by atoms with Gasteiger partial charge < -0.3 is 10.1 Å². The van der Waals surface area contributed by atoms with Crippen molar-refractivity contribution in [3.63, 3.8) is 0 Å². The lowest BCUT2D eigenvalue weighted by molar-refractivity contribution is -0.136. The summed E-state index contributed by atoms with van der Waals surface area (Å²) in [5, 5.41) is 2.32. The van der Waals surface area contributed by atoms with Crippen molar-refractivity contribution in [1.82, 2.24) is 0 Å². The Kier molecular flexibility index (Phi) is 5.45. The number of anilines is 1. The van der Waals surface area contributed by atoms with Gasteiger partial charge in [-0.2, -0.15) is 13.2 Å². The molecule has 0 bridgehead atoms. The van der Waals surface area contributed by atoms with Crippen molar-refractivity contribution in [2.45, 2.75) is 12.8 Å². The van der Waals surface area contributed by atoms with Crippen LogP contribution in [-0.4, -0.2) is 5.91 Å². The van der Waals surface area contributed by atoms with Gasteiger partial charge in [0.25, 0.3) is 5.91 Å². The molecule has 3 nitrogen and oxygen atoms in total. The number of ether oxygens (including phenoxy) is 1. The van der Waals surface area contributed by atoms with E-state index in [1.54, 1.807) is 12.1 Å². The van der Waals surface area contributed by atoms with E-state index in [0.29, 0.717) is 12.4 Å². The van der Waals surface area contributed by atoms with Crippen molar-refractivity contribution < 1.29 is 22.7 Å². The molecule has 0 heterocycles. The largest absolute Gasteiger partial charge is 0.489 e. The lowest BCUT2D eigenvalue weighted by Crippen LogP contribution is -2.16. The second kappa shape index (κ2) is 7.95. The van der Waals surface area contributed by atoms with Crippen molar-refractivity contribution in [2.24, 2.45) is 0 Å². The van der Waals surface area contributed by atoms with Gasteiger partial charge in [-0.05, 0) is 35.9 Å². The number of hydrogen-bond acceptors (Lipinski definition) is 2. The maximum absolute atomic E-state index is 13.1. The molecule has 0 atom stereocenters. The van der Waals surface area contributed by atoms with Crippen LogP contribution in [0.3, 0.4) is 0 Å². The number of carbonyl (C=O) groups is 1. The number of hydrogen-bond donors (Lipinski definition) is 1. The van der Waals surface area contributed by atoms with Crippen LogP contribution in [0.4, 0.5) is 18.9 Å². The zero-order chi connectivity index (χ0) is 19.3. The summed E-state index contributed by atoms with van der Waals surface area (Å²) in [6.07, 6.45) is -4.55. The molecule has 0 aliphatic carbocycles. The van der Waals surface area contributed by atoms with Crippen molar-refractivity contribution in [1.29, 1.82) is 0 Å². The number of carbonyl (C=O) groups excluding carboxylic acids is 1. The molecule has 0 saturated carbocycles. The number of rotatable bonds is 5. The van der Waals surface area contributed by atoms with Gasteiger partial charge in [0.15, 0.2) is 0 Å². The molecular weight excluding hydrogens is 355 g/mol. The van der Waals surface area contributed by atoms with E-state index < -0.39 is 17.6 Å². The monoisotopic (exact) mass is 371 g/mol. The minimum atomic E-state index is -4.55. The third-order valence-corrected chi connectivity index (χ3v) is 3.83. The molecule has 0 aromatic heterocycles. The third kappa shape index (κ3) is 4.88. The van der Waals surface area contributed by atoms with Gasteiger partial charge in [0.1, 0.15) is 12.4 Å². The van der Waals surface area contributed by atoms with Crippen LogP contribution < -0.4 is 10.1 Å². The van der Waals surface area contributed by atoms with Gasteiger partial charge in [-0.1, -0.05) is 48.5 Å². The summed E-state index contributed by atoms with van der Waals surface area (Å²) in [5.74, 6) is -0.188. The number of benzene rings is 3. The summed E-state index contributed by atoms with van der Waals surface area (Å²) in [6.45, 7) is 0.322. The molecular formula is C21H16F3NO2. The Morgan fingerprint density at radius 3 is 2.33 bits per heavy atom. The van der Waals surface area contributed by atoms with E-state index in [9.17, 15) is 18.0 Å². The predicted molar refractivity (Wildman–Crippen MR) is 96.6 cm³/mol. The average Bonchev–Trinajstić information content (AvgIpc) is 2.67. The Hall–Kier alpha value is -3.28. The van der Waals surface area contributed by atoms with Gasteiger partial charge in [0, 0.05) is 5.56 Å². The number of amides is 1. The first-order valence-corrected chi connectivity index (χ1v) is 8.18. The fourth-order valence-electron chi connectivity index (χ4n) is 2.50.